The quantitative estimate of drug-likeness (QED) is 0.600. The maximum Gasteiger partial charge on any atom is 0.326 e. The van der Waals surface area contributed by atoms with E-state index in [-0.39, 0.29) is 27.0 Å². The van der Waals surface area contributed by atoms with Gasteiger partial charge in [0.15, 0.2) is 12.4 Å². The molecule has 6 nitrogen and oxygen atoms in total. The third kappa shape index (κ3) is 3.60. The van der Waals surface area contributed by atoms with Gasteiger partial charge in [0.1, 0.15) is 6.54 Å². The summed E-state index contributed by atoms with van der Waals surface area (Å²) in [5.41, 5.74) is -0.496. The number of nitrogens with zero attached hydrogens (tertiary/aromatic N) is 1. The molecule has 0 N–H and O–H groups in total. The molecule has 1 aliphatic rings. The highest BCUT2D eigenvalue weighted by Crippen LogP contribution is 2.31. The molecular formula is C16H15Cl2NO5. The highest BCUT2D eigenvalue weighted by atomic mass is 35.5. The van der Waals surface area contributed by atoms with Gasteiger partial charge in [-0.05, 0) is 12.1 Å². The number of rotatable bonds is 4. The van der Waals surface area contributed by atoms with Crippen molar-refractivity contribution in [1.82, 2.24) is 4.90 Å². The summed E-state index contributed by atoms with van der Waals surface area (Å²) in [7, 11) is 0. The zero-order valence-electron chi connectivity index (χ0n) is 13.3. The first kappa shape index (κ1) is 18.4. The number of ketones is 1. The summed E-state index contributed by atoms with van der Waals surface area (Å²) in [6, 6.07) is 2.57. The van der Waals surface area contributed by atoms with Crippen molar-refractivity contribution >= 4 is 46.8 Å². The number of fused-ring (bicyclic) bond motifs is 1. The number of esters is 1. The molecule has 0 aromatic heterocycles. The number of carbonyl (C=O) groups is 4. The van der Waals surface area contributed by atoms with E-state index >= 15 is 0 Å². The molecule has 128 valence electrons. The Morgan fingerprint density at radius 1 is 1.04 bits per heavy atom. The molecule has 0 saturated carbocycles. The average molecular weight is 372 g/mol. The Hall–Kier alpha value is -1.92. The molecule has 1 aromatic rings. The van der Waals surface area contributed by atoms with Crippen LogP contribution in [-0.4, -0.2) is 41.6 Å². The summed E-state index contributed by atoms with van der Waals surface area (Å²) < 4.78 is 4.85. The Bertz CT molecular complexity index is 711. The van der Waals surface area contributed by atoms with E-state index in [1.807, 2.05) is 0 Å². The Morgan fingerprint density at radius 3 is 1.92 bits per heavy atom. The number of benzene rings is 1. The van der Waals surface area contributed by atoms with Crippen LogP contribution in [0.25, 0.3) is 0 Å². The molecule has 0 bridgehead atoms. The van der Waals surface area contributed by atoms with Gasteiger partial charge >= 0.3 is 5.97 Å². The molecule has 0 atom stereocenters. The molecule has 8 heteroatoms. The molecular weight excluding hydrogens is 357 g/mol. The highest BCUT2D eigenvalue weighted by Gasteiger charge is 2.38. The van der Waals surface area contributed by atoms with Gasteiger partial charge in [0.05, 0.1) is 21.2 Å². The summed E-state index contributed by atoms with van der Waals surface area (Å²) in [6.07, 6.45) is 0. The van der Waals surface area contributed by atoms with Gasteiger partial charge in [0, 0.05) is 5.41 Å². The Kier molecular flexibility index (Phi) is 5.01. The first-order chi connectivity index (χ1) is 11.0. The summed E-state index contributed by atoms with van der Waals surface area (Å²) in [5, 5.41) is 0.272. The van der Waals surface area contributed by atoms with Gasteiger partial charge in [-0.1, -0.05) is 44.0 Å². The van der Waals surface area contributed by atoms with Crippen LogP contribution in [0.2, 0.25) is 10.0 Å². The average Bonchev–Trinajstić information content (AvgIpc) is 2.69. The molecule has 1 aliphatic heterocycles. The number of halogens is 2. The number of hydrogen-bond donors (Lipinski definition) is 0. The van der Waals surface area contributed by atoms with E-state index in [0.29, 0.717) is 0 Å². The molecule has 2 amide bonds. The number of carbonyl (C=O) groups excluding carboxylic acids is 4. The minimum Gasteiger partial charge on any atom is -0.456 e. The minimum atomic E-state index is -0.848. The van der Waals surface area contributed by atoms with Crippen LogP contribution in [0.4, 0.5) is 0 Å². The molecule has 0 radical (unpaired) electrons. The second-order valence-corrected chi connectivity index (χ2v) is 7.16. The Morgan fingerprint density at radius 2 is 1.50 bits per heavy atom. The number of imide groups is 1. The zero-order valence-corrected chi connectivity index (χ0v) is 14.8. The lowest BCUT2D eigenvalue weighted by molar-refractivity contribution is -0.150. The lowest BCUT2D eigenvalue weighted by Crippen LogP contribution is -2.37. The fourth-order valence-electron chi connectivity index (χ4n) is 1.96. The van der Waals surface area contributed by atoms with E-state index in [2.05, 4.69) is 0 Å². The van der Waals surface area contributed by atoms with Crippen molar-refractivity contribution in [2.24, 2.45) is 5.41 Å². The molecule has 1 heterocycles. The van der Waals surface area contributed by atoms with Crippen molar-refractivity contribution in [2.45, 2.75) is 20.8 Å². The second kappa shape index (κ2) is 6.53. The third-order valence-electron chi connectivity index (χ3n) is 3.50. The largest absolute Gasteiger partial charge is 0.456 e. The van der Waals surface area contributed by atoms with Crippen molar-refractivity contribution in [3.63, 3.8) is 0 Å². The van der Waals surface area contributed by atoms with E-state index < -0.39 is 36.4 Å². The maximum absolute atomic E-state index is 12.2. The molecule has 0 saturated heterocycles. The van der Waals surface area contributed by atoms with Crippen molar-refractivity contribution in [3.8, 4) is 0 Å². The predicted molar refractivity (Wildman–Crippen MR) is 87.3 cm³/mol. The first-order valence-corrected chi connectivity index (χ1v) is 7.82. The Balaban J connectivity index is 2.07. The van der Waals surface area contributed by atoms with Gasteiger partial charge in [-0.15, -0.1) is 0 Å². The monoisotopic (exact) mass is 371 g/mol. The van der Waals surface area contributed by atoms with Crippen LogP contribution in [0.15, 0.2) is 12.1 Å². The van der Waals surface area contributed by atoms with Gasteiger partial charge in [-0.3, -0.25) is 24.1 Å². The molecule has 0 unspecified atom stereocenters. The standard InChI is InChI=1S/C16H15Cl2NO5/c1-16(2,3)12(20)7-24-13(21)6-19-14(22)8-4-10(17)11(18)5-9(8)15(19)23/h4-5H,6-7H2,1-3H3. The van der Waals surface area contributed by atoms with Crippen LogP contribution in [0.5, 0.6) is 0 Å². The number of Topliss-reactive ketones (excluding diaryl/α,β-unsaturated/α-hetero) is 1. The zero-order chi connectivity index (χ0) is 18.2. The summed E-state index contributed by atoms with van der Waals surface area (Å²) in [4.78, 5) is 48.8. The Labute approximate surface area is 148 Å². The van der Waals surface area contributed by atoms with Crippen molar-refractivity contribution < 1.29 is 23.9 Å². The molecule has 0 fully saturated rings. The van der Waals surface area contributed by atoms with Gasteiger partial charge in [-0.25, -0.2) is 0 Å². The molecule has 24 heavy (non-hydrogen) atoms. The smallest absolute Gasteiger partial charge is 0.326 e. The van der Waals surface area contributed by atoms with Gasteiger partial charge < -0.3 is 4.74 Å². The van der Waals surface area contributed by atoms with Gasteiger partial charge in [-0.2, -0.15) is 0 Å². The number of ether oxygens (including phenoxy) is 1. The highest BCUT2D eigenvalue weighted by molar-refractivity contribution is 6.43. The fourth-order valence-corrected chi connectivity index (χ4v) is 2.29. The molecule has 0 spiro atoms. The van der Waals surface area contributed by atoms with E-state index in [0.717, 1.165) is 4.90 Å². The van der Waals surface area contributed by atoms with Gasteiger partial charge in [0.25, 0.3) is 11.8 Å². The van der Waals surface area contributed by atoms with Crippen LogP contribution in [0, 0.1) is 5.41 Å². The summed E-state index contributed by atoms with van der Waals surface area (Å²) >= 11 is 11.7. The number of amides is 2. The van der Waals surface area contributed by atoms with E-state index in [1.54, 1.807) is 20.8 Å². The third-order valence-corrected chi connectivity index (χ3v) is 4.22. The van der Waals surface area contributed by atoms with E-state index in [4.69, 9.17) is 27.9 Å². The second-order valence-electron chi connectivity index (χ2n) is 6.34. The molecule has 0 aliphatic carbocycles. The van der Waals surface area contributed by atoms with Crippen LogP contribution in [-0.2, 0) is 14.3 Å². The maximum atomic E-state index is 12.2. The first-order valence-electron chi connectivity index (χ1n) is 7.06. The van der Waals surface area contributed by atoms with Crippen LogP contribution >= 0.6 is 23.2 Å². The van der Waals surface area contributed by atoms with Crippen molar-refractivity contribution in [2.75, 3.05) is 13.2 Å². The van der Waals surface area contributed by atoms with Crippen molar-refractivity contribution in [1.29, 1.82) is 0 Å². The number of hydrogen-bond acceptors (Lipinski definition) is 5. The predicted octanol–water partition coefficient (Wildman–Crippen LogP) is 2.75. The molecule has 1 aromatic carbocycles. The minimum absolute atomic E-state index is 0.0768. The van der Waals surface area contributed by atoms with Crippen molar-refractivity contribution in [3.05, 3.63) is 33.3 Å². The fraction of sp³-hybridized carbons (Fsp3) is 0.375. The normalized spacial score (nSPS) is 14.0. The lowest BCUT2D eigenvalue weighted by Gasteiger charge is -2.17. The SMILES string of the molecule is CC(C)(C)C(=O)COC(=O)CN1C(=O)c2cc(Cl)c(Cl)cc2C1=O. The summed E-state index contributed by atoms with van der Waals surface area (Å²) in [5.74, 6) is -2.43. The van der Waals surface area contributed by atoms with E-state index in [1.165, 1.54) is 12.1 Å². The lowest BCUT2D eigenvalue weighted by atomic mass is 9.91. The topological polar surface area (TPSA) is 80.8 Å². The van der Waals surface area contributed by atoms with Gasteiger partial charge in [0.2, 0.25) is 0 Å². The summed E-state index contributed by atoms with van der Waals surface area (Å²) in [6.45, 7) is 4.09. The van der Waals surface area contributed by atoms with Crippen LogP contribution in [0.3, 0.4) is 0 Å². The van der Waals surface area contributed by atoms with Crippen LogP contribution in [0.1, 0.15) is 41.5 Å². The molecule has 2 rings (SSSR count). The van der Waals surface area contributed by atoms with Crippen LogP contribution < -0.4 is 0 Å². The van der Waals surface area contributed by atoms with E-state index in [9.17, 15) is 19.2 Å².